The summed E-state index contributed by atoms with van der Waals surface area (Å²) in [5, 5.41) is 4.37. The maximum absolute atomic E-state index is 5.98. The molecule has 1 heterocycles. The molecule has 0 saturated heterocycles. The van der Waals surface area contributed by atoms with Gasteiger partial charge in [0.25, 0.3) is 5.89 Å². The molecule has 0 spiro atoms. The van der Waals surface area contributed by atoms with Crippen molar-refractivity contribution in [2.24, 2.45) is 5.73 Å². The van der Waals surface area contributed by atoms with Crippen LogP contribution in [0.2, 0.25) is 5.02 Å². The summed E-state index contributed by atoms with van der Waals surface area (Å²) in [6, 6.07) is 5.56. The van der Waals surface area contributed by atoms with Gasteiger partial charge in [-0.3, -0.25) is 0 Å². The highest BCUT2D eigenvalue weighted by atomic mass is 127. The summed E-state index contributed by atoms with van der Waals surface area (Å²) in [7, 11) is 0. The second kappa shape index (κ2) is 4.46. The third-order valence-electron chi connectivity index (χ3n) is 1.82. The summed E-state index contributed by atoms with van der Waals surface area (Å²) >= 11 is 8.14. The van der Waals surface area contributed by atoms with Gasteiger partial charge in [-0.15, -0.1) is 0 Å². The van der Waals surface area contributed by atoms with Gasteiger partial charge in [0.2, 0.25) is 0 Å². The zero-order chi connectivity index (χ0) is 10.8. The van der Waals surface area contributed by atoms with Crippen LogP contribution in [0.5, 0.6) is 0 Å². The van der Waals surface area contributed by atoms with Crippen molar-refractivity contribution in [1.82, 2.24) is 10.1 Å². The van der Waals surface area contributed by atoms with Crippen molar-refractivity contribution in [2.75, 3.05) is 0 Å². The summed E-state index contributed by atoms with van der Waals surface area (Å²) in [6.45, 7) is 0.265. The van der Waals surface area contributed by atoms with Crippen molar-refractivity contribution in [3.05, 3.63) is 32.6 Å². The summed E-state index contributed by atoms with van der Waals surface area (Å²) in [6.07, 6.45) is 0. The Kier molecular flexibility index (Phi) is 3.22. The quantitative estimate of drug-likeness (QED) is 0.856. The number of benzene rings is 1. The molecule has 0 bridgehead atoms. The van der Waals surface area contributed by atoms with E-state index in [9.17, 15) is 0 Å². The minimum atomic E-state index is 0.265. The lowest BCUT2D eigenvalue weighted by atomic mass is 10.2. The van der Waals surface area contributed by atoms with Gasteiger partial charge in [-0.25, -0.2) is 0 Å². The van der Waals surface area contributed by atoms with Crippen molar-refractivity contribution >= 4 is 34.2 Å². The Morgan fingerprint density at radius 3 is 2.87 bits per heavy atom. The smallest absolute Gasteiger partial charge is 0.258 e. The van der Waals surface area contributed by atoms with Gasteiger partial charge in [0.15, 0.2) is 5.82 Å². The Hall–Kier alpha value is -0.660. The molecule has 2 N–H and O–H groups in total. The van der Waals surface area contributed by atoms with Crippen LogP contribution in [0.4, 0.5) is 0 Å². The average molecular weight is 336 g/mol. The predicted molar refractivity (Wildman–Crippen MR) is 65.4 cm³/mol. The minimum absolute atomic E-state index is 0.265. The van der Waals surface area contributed by atoms with Crippen LogP contribution in [0.25, 0.3) is 11.5 Å². The van der Waals surface area contributed by atoms with Crippen LogP contribution in [0, 0.1) is 3.57 Å². The lowest BCUT2D eigenvalue weighted by Gasteiger charge is -1.97. The van der Waals surface area contributed by atoms with Gasteiger partial charge in [-0.05, 0) is 40.8 Å². The lowest BCUT2D eigenvalue weighted by molar-refractivity contribution is 0.423. The van der Waals surface area contributed by atoms with Gasteiger partial charge in [0.05, 0.1) is 11.6 Å². The molecule has 78 valence electrons. The van der Waals surface area contributed by atoms with Crippen LogP contribution in [-0.4, -0.2) is 10.1 Å². The Labute approximate surface area is 105 Å². The highest BCUT2D eigenvalue weighted by molar-refractivity contribution is 14.1. The topological polar surface area (TPSA) is 64.9 Å². The van der Waals surface area contributed by atoms with Crippen LogP contribution in [-0.2, 0) is 6.54 Å². The first-order valence-corrected chi connectivity index (χ1v) is 5.64. The van der Waals surface area contributed by atoms with Gasteiger partial charge in [-0.1, -0.05) is 16.8 Å². The number of hydrogen-bond acceptors (Lipinski definition) is 4. The van der Waals surface area contributed by atoms with E-state index in [2.05, 4.69) is 32.7 Å². The standard InChI is InChI=1S/C9H7ClIN3O/c10-6-3-5(1-2-7(6)11)9-13-8(4-12)14-15-9/h1-3H,4,12H2. The molecular formula is C9H7ClIN3O. The van der Waals surface area contributed by atoms with Crippen LogP contribution >= 0.6 is 34.2 Å². The van der Waals surface area contributed by atoms with Crippen LogP contribution in [0.3, 0.4) is 0 Å². The molecule has 0 saturated carbocycles. The lowest BCUT2D eigenvalue weighted by Crippen LogP contribution is -1.97. The summed E-state index contributed by atoms with van der Waals surface area (Å²) in [4.78, 5) is 4.11. The molecule has 1 aromatic heterocycles. The average Bonchev–Trinajstić information content (AvgIpc) is 2.70. The van der Waals surface area contributed by atoms with E-state index in [0.717, 1.165) is 9.13 Å². The SMILES string of the molecule is NCc1noc(-c2ccc(I)c(Cl)c2)n1. The Morgan fingerprint density at radius 1 is 1.47 bits per heavy atom. The molecule has 2 rings (SSSR count). The maximum Gasteiger partial charge on any atom is 0.258 e. The molecule has 0 amide bonds. The first-order chi connectivity index (χ1) is 7.20. The van der Waals surface area contributed by atoms with Crippen molar-refractivity contribution in [3.8, 4) is 11.5 Å². The van der Waals surface area contributed by atoms with E-state index < -0.39 is 0 Å². The fourth-order valence-corrected chi connectivity index (χ4v) is 1.60. The van der Waals surface area contributed by atoms with Crippen molar-refractivity contribution in [2.45, 2.75) is 6.54 Å². The molecule has 15 heavy (non-hydrogen) atoms. The predicted octanol–water partition coefficient (Wildman–Crippen LogP) is 2.45. The molecule has 0 atom stereocenters. The van der Waals surface area contributed by atoms with E-state index in [4.69, 9.17) is 21.9 Å². The summed E-state index contributed by atoms with van der Waals surface area (Å²) in [5.74, 6) is 0.924. The molecular weight excluding hydrogens is 328 g/mol. The Balaban J connectivity index is 2.40. The van der Waals surface area contributed by atoms with Gasteiger partial charge in [-0.2, -0.15) is 4.98 Å². The van der Waals surface area contributed by atoms with Crippen molar-refractivity contribution in [1.29, 1.82) is 0 Å². The second-order valence-corrected chi connectivity index (χ2v) is 4.42. The molecule has 0 aliphatic carbocycles. The molecule has 2 aromatic rings. The molecule has 0 aliphatic rings. The van der Waals surface area contributed by atoms with Crippen LogP contribution in [0.1, 0.15) is 5.82 Å². The zero-order valence-electron chi connectivity index (χ0n) is 7.58. The highest BCUT2D eigenvalue weighted by Crippen LogP contribution is 2.25. The molecule has 0 unspecified atom stereocenters. The first-order valence-electron chi connectivity index (χ1n) is 4.19. The van der Waals surface area contributed by atoms with Crippen molar-refractivity contribution in [3.63, 3.8) is 0 Å². The van der Waals surface area contributed by atoms with Gasteiger partial charge >= 0.3 is 0 Å². The highest BCUT2D eigenvalue weighted by Gasteiger charge is 2.08. The largest absolute Gasteiger partial charge is 0.334 e. The second-order valence-electron chi connectivity index (χ2n) is 2.85. The number of nitrogens with two attached hydrogens (primary N) is 1. The third kappa shape index (κ3) is 2.30. The van der Waals surface area contributed by atoms with E-state index in [1.807, 2.05) is 12.1 Å². The van der Waals surface area contributed by atoms with E-state index in [-0.39, 0.29) is 6.54 Å². The van der Waals surface area contributed by atoms with Crippen molar-refractivity contribution < 1.29 is 4.52 Å². The molecule has 1 aromatic carbocycles. The van der Waals surface area contributed by atoms with E-state index in [0.29, 0.717) is 16.7 Å². The number of hydrogen-bond donors (Lipinski definition) is 1. The summed E-state index contributed by atoms with van der Waals surface area (Å²) < 4.78 is 6.02. The fourth-order valence-electron chi connectivity index (χ4n) is 1.08. The Morgan fingerprint density at radius 2 is 2.27 bits per heavy atom. The zero-order valence-corrected chi connectivity index (χ0v) is 10.5. The molecule has 6 heteroatoms. The first kappa shape index (κ1) is 10.8. The Bertz CT molecular complexity index is 486. The number of halogens is 2. The van der Waals surface area contributed by atoms with Gasteiger partial charge in [0.1, 0.15) is 0 Å². The van der Waals surface area contributed by atoms with Crippen LogP contribution < -0.4 is 5.73 Å². The minimum Gasteiger partial charge on any atom is -0.334 e. The molecule has 4 nitrogen and oxygen atoms in total. The number of aromatic nitrogens is 2. The van der Waals surface area contributed by atoms with E-state index in [1.165, 1.54) is 0 Å². The molecule has 0 fully saturated rings. The van der Waals surface area contributed by atoms with E-state index in [1.54, 1.807) is 6.07 Å². The fraction of sp³-hybridized carbons (Fsp3) is 0.111. The van der Waals surface area contributed by atoms with Crippen LogP contribution in [0.15, 0.2) is 22.7 Å². The number of nitrogens with zero attached hydrogens (tertiary/aromatic N) is 2. The monoisotopic (exact) mass is 335 g/mol. The number of rotatable bonds is 2. The third-order valence-corrected chi connectivity index (χ3v) is 3.39. The molecule has 0 radical (unpaired) electrons. The molecule has 0 aliphatic heterocycles. The maximum atomic E-state index is 5.98. The summed E-state index contributed by atoms with van der Waals surface area (Å²) in [5.41, 5.74) is 6.18. The van der Waals surface area contributed by atoms with E-state index >= 15 is 0 Å². The normalized spacial score (nSPS) is 10.6. The van der Waals surface area contributed by atoms with Gasteiger partial charge < -0.3 is 10.3 Å². The van der Waals surface area contributed by atoms with Gasteiger partial charge in [0, 0.05) is 9.13 Å².